The molecule has 0 spiro atoms. The van der Waals surface area contributed by atoms with E-state index in [9.17, 15) is 4.79 Å². The summed E-state index contributed by atoms with van der Waals surface area (Å²) in [6.07, 6.45) is 4.06. The number of benzene rings is 2. The third kappa shape index (κ3) is 6.71. The molecular formula is C25H32N2O3. The SMILES string of the molecule is CCOc1ccc(C=CC(=O)CCN2CCN(Cc3ccccc3)CC2)cc1OC. The molecule has 0 amide bonds. The molecule has 0 saturated carbocycles. The number of rotatable bonds is 10. The summed E-state index contributed by atoms with van der Waals surface area (Å²) < 4.78 is 10.9. The predicted molar refractivity (Wildman–Crippen MR) is 121 cm³/mol. The minimum atomic E-state index is 0.148. The molecule has 30 heavy (non-hydrogen) atoms. The van der Waals surface area contributed by atoms with Gasteiger partial charge in [0.25, 0.3) is 0 Å². The first-order valence-corrected chi connectivity index (χ1v) is 10.7. The number of ketones is 1. The zero-order chi connectivity index (χ0) is 21.2. The van der Waals surface area contributed by atoms with Crippen molar-refractivity contribution in [3.63, 3.8) is 0 Å². The molecule has 1 aliphatic heterocycles. The number of hydrogen-bond acceptors (Lipinski definition) is 5. The van der Waals surface area contributed by atoms with Crippen LogP contribution < -0.4 is 9.47 Å². The van der Waals surface area contributed by atoms with Gasteiger partial charge in [-0.25, -0.2) is 0 Å². The highest BCUT2D eigenvalue weighted by atomic mass is 16.5. The van der Waals surface area contributed by atoms with Gasteiger partial charge in [0, 0.05) is 45.7 Å². The highest BCUT2D eigenvalue weighted by Crippen LogP contribution is 2.28. The maximum atomic E-state index is 12.3. The summed E-state index contributed by atoms with van der Waals surface area (Å²) in [5.41, 5.74) is 2.29. The van der Waals surface area contributed by atoms with Crippen LogP contribution in [-0.4, -0.2) is 62.0 Å². The molecule has 0 aliphatic carbocycles. The Morgan fingerprint density at radius 2 is 1.73 bits per heavy atom. The summed E-state index contributed by atoms with van der Waals surface area (Å²) in [5.74, 6) is 1.55. The molecule has 1 heterocycles. The Morgan fingerprint density at radius 1 is 1.00 bits per heavy atom. The Kier molecular flexibility index (Phi) is 8.48. The maximum absolute atomic E-state index is 12.3. The van der Waals surface area contributed by atoms with E-state index < -0.39 is 0 Å². The van der Waals surface area contributed by atoms with E-state index in [1.807, 2.05) is 31.2 Å². The van der Waals surface area contributed by atoms with Crippen LogP contribution >= 0.6 is 0 Å². The summed E-state index contributed by atoms with van der Waals surface area (Å²) in [6.45, 7) is 8.46. The largest absolute Gasteiger partial charge is 0.493 e. The molecule has 160 valence electrons. The molecule has 0 N–H and O–H groups in total. The van der Waals surface area contributed by atoms with E-state index in [-0.39, 0.29) is 5.78 Å². The van der Waals surface area contributed by atoms with Gasteiger partial charge in [-0.1, -0.05) is 42.5 Å². The second-order valence-corrected chi connectivity index (χ2v) is 7.50. The van der Waals surface area contributed by atoms with Crippen LogP contribution in [0.15, 0.2) is 54.6 Å². The van der Waals surface area contributed by atoms with Crippen molar-refractivity contribution < 1.29 is 14.3 Å². The number of carbonyl (C=O) groups is 1. The number of methoxy groups -OCH3 is 1. The van der Waals surface area contributed by atoms with Crippen LogP contribution in [0.2, 0.25) is 0 Å². The fourth-order valence-electron chi connectivity index (χ4n) is 3.62. The third-order valence-electron chi connectivity index (χ3n) is 5.34. The minimum absolute atomic E-state index is 0.148. The molecule has 0 aromatic heterocycles. The Bertz CT molecular complexity index is 828. The van der Waals surface area contributed by atoms with Gasteiger partial charge in [0.15, 0.2) is 17.3 Å². The minimum Gasteiger partial charge on any atom is -0.493 e. The number of hydrogen-bond donors (Lipinski definition) is 0. The van der Waals surface area contributed by atoms with Crippen molar-refractivity contribution in [1.29, 1.82) is 0 Å². The molecule has 3 rings (SSSR count). The standard InChI is InChI=1S/C25H32N2O3/c1-3-30-24-12-10-21(19-25(24)29-2)9-11-23(28)13-14-26-15-17-27(18-16-26)20-22-7-5-4-6-8-22/h4-12,19H,3,13-18,20H2,1-2H3. The van der Waals surface area contributed by atoms with Crippen molar-refractivity contribution in [3.8, 4) is 11.5 Å². The van der Waals surface area contributed by atoms with Crippen molar-refractivity contribution in [2.24, 2.45) is 0 Å². The molecule has 1 fully saturated rings. The zero-order valence-corrected chi connectivity index (χ0v) is 18.0. The lowest BCUT2D eigenvalue weighted by molar-refractivity contribution is -0.114. The molecule has 0 radical (unpaired) electrons. The van der Waals surface area contributed by atoms with E-state index in [1.54, 1.807) is 13.2 Å². The highest BCUT2D eigenvalue weighted by Gasteiger charge is 2.17. The quantitative estimate of drug-likeness (QED) is 0.558. The lowest BCUT2D eigenvalue weighted by atomic mass is 10.1. The van der Waals surface area contributed by atoms with Gasteiger partial charge in [-0.15, -0.1) is 0 Å². The van der Waals surface area contributed by atoms with Gasteiger partial charge in [-0.05, 0) is 36.3 Å². The highest BCUT2D eigenvalue weighted by molar-refractivity contribution is 5.93. The van der Waals surface area contributed by atoms with Gasteiger partial charge in [-0.3, -0.25) is 9.69 Å². The summed E-state index contributed by atoms with van der Waals surface area (Å²) in [7, 11) is 1.62. The Balaban J connectivity index is 1.41. The fourth-order valence-corrected chi connectivity index (χ4v) is 3.62. The monoisotopic (exact) mass is 408 g/mol. The van der Waals surface area contributed by atoms with Crippen molar-refractivity contribution in [1.82, 2.24) is 9.80 Å². The van der Waals surface area contributed by atoms with Crippen LogP contribution in [-0.2, 0) is 11.3 Å². The lowest BCUT2D eigenvalue weighted by Crippen LogP contribution is -2.46. The Morgan fingerprint density at radius 3 is 2.43 bits per heavy atom. The molecule has 2 aromatic rings. The molecule has 5 nitrogen and oxygen atoms in total. The van der Waals surface area contributed by atoms with Crippen molar-refractivity contribution in [2.45, 2.75) is 19.9 Å². The molecule has 0 atom stereocenters. The van der Waals surface area contributed by atoms with Crippen LogP contribution in [0.25, 0.3) is 6.08 Å². The number of piperazine rings is 1. The van der Waals surface area contributed by atoms with Crippen LogP contribution in [0.3, 0.4) is 0 Å². The normalized spacial score (nSPS) is 15.4. The van der Waals surface area contributed by atoms with Gasteiger partial charge in [-0.2, -0.15) is 0 Å². The van der Waals surface area contributed by atoms with Crippen molar-refractivity contribution in [3.05, 3.63) is 65.7 Å². The van der Waals surface area contributed by atoms with E-state index in [0.29, 0.717) is 18.8 Å². The van der Waals surface area contributed by atoms with Crippen molar-refractivity contribution >= 4 is 11.9 Å². The number of carbonyl (C=O) groups excluding carboxylic acids is 1. The van der Waals surface area contributed by atoms with Crippen LogP contribution in [0.4, 0.5) is 0 Å². The Hall–Kier alpha value is -2.63. The topological polar surface area (TPSA) is 42.0 Å². The smallest absolute Gasteiger partial charge is 0.161 e. The second-order valence-electron chi connectivity index (χ2n) is 7.50. The van der Waals surface area contributed by atoms with Gasteiger partial charge >= 0.3 is 0 Å². The molecule has 0 bridgehead atoms. The summed E-state index contributed by atoms with van der Waals surface area (Å²) >= 11 is 0. The van der Waals surface area contributed by atoms with Crippen LogP contribution in [0.5, 0.6) is 11.5 Å². The fraction of sp³-hybridized carbons (Fsp3) is 0.400. The molecule has 5 heteroatoms. The molecule has 1 saturated heterocycles. The average Bonchev–Trinajstić information content (AvgIpc) is 2.78. The van der Waals surface area contributed by atoms with E-state index in [1.165, 1.54) is 5.56 Å². The molecular weight excluding hydrogens is 376 g/mol. The zero-order valence-electron chi connectivity index (χ0n) is 18.0. The van der Waals surface area contributed by atoms with E-state index in [2.05, 4.69) is 40.1 Å². The van der Waals surface area contributed by atoms with Gasteiger partial charge in [0.1, 0.15) is 0 Å². The number of nitrogens with zero attached hydrogens (tertiary/aromatic N) is 2. The van der Waals surface area contributed by atoms with Gasteiger partial charge < -0.3 is 14.4 Å². The number of ether oxygens (including phenoxy) is 2. The summed E-state index contributed by atoms with van der Waals surface area (Å²) in [5, 5.41) is 0. The molecule has 0 unspecified atom stereocenters. The number of allylic oxidation sites excluding steroid dienone is 1. The predicted octanol–water partition coefficient (Wildman–Crippen LogP) is 3.88. The van der Waals surface area contributed by atoms with E-state index in [4.69, 9.17) is 9.47 Å². The summed E-state index contributed by atoms with van der Waals surface area (Å²) in [6, 6.07) is 16.3. The van der Waals surface area contributed by atoms with E-state index in [0.717, 1.165) is 50.6 Å². The average molecular weight is 409 g/mol. The first-order chi connectivity index (χ1) is 14.7. The van der Waals surface area contributed by atoms with Gasteiger partial charge in [0.05, 0.1) is 13.7 Å². The third-order valence-corrected chi connectivity index (χ3v) is 5.34. The summed E-state index contributed by atoms with van der Waals surface area (Å²) in [4.78, 5) is 17.2. The maximum Gasteiger partial charge on any atom is 0.161 e. The molecule has 1 aliphatic rings. The first kappa shape index (κ1) is 22.1. The second kappa shape index (κ2) is 11.5. The van der Waals surface area contributed by atoms with E-state index >= 15 is 0 Å². The first-order valence-electron chi connectivity index (χ1n) is 10.7. The Labute approximate surface area is 179 Å². The van der Waals surface area contributed by atoms with Crippen LogP contribution in [0.1, 0.15) is 24.5 Å². The molecule has 2 aromatic carbocycles. The van der Waals surface area contributed by atoms with Gasteiger partial charge in [0.2, 0.25) is 0 Å². The van der Waals surface area contributed by atoms with Crippen molar-refractivity contribution in [2.75, 3.05) is 46.4 Å². The lowest BCUT2D eigenvalue weighted by Gasteiger charge is -2.34. The van der Waals surface area contributed by atoms with Crippen LogP contribution in [0, 0.1) is 0 Å².